The molecule has 0 fully saturated rings. The van der Waals surface area contributed by atoms with Gasteiger partial charge in [-0.25, -0.2) is 0 Å². The van der Waals surface area contributed by atoms with E-state index in [1.54, 1.807) is 22.7 Å². The van der Waals surface area contributed by atoms with Gasteiger partial charge in [-0.3, -0.25) is 14.9 Å². The van der Waals surface area contributed by atoms with Crippen molar-refractivity contribution in [1.82, 2.24) is 19.8 Å². The number of aryl methyl sites for hydroxylation is 1. The number of ether oxygens (including phenoxy) is 1. The molecule has 31 heavy (non-hydrogen) atoms. The zero-order chi connectivity index (χ0) is 21.8. The Bertz CT molecular complexity index is 1250. The minimum absolute atomic E-state index is 0.0408. The number of rotatable bonds is 8. The molecule has 0 radical (unpaired) electrons. The number of para-hydroxylation sites is 2. The molecule has 10 nitrogen and oxygen atoms in total. The minimum atomic E-state index is -0.553. The van der Waals surface area contributed by atoms with E-state index in [9.17, 15) is 14.9 Å². The molecule has 2 heterocycles. The molecular weight excluding hydrogens is 420 g/mol. The molecule has 0 spiro atoms. The molecule has 11 heteroatoms. The Morgan fingerprint density at radius 3 is 2.87 bits per heavy atom. The van der Waals surface area contributed by atoms with Gasteiger partial charge in [-0.1, -0.05) is 42.5 Å². The summed E-state index contributed by atoms with van der Waals surface area (Å²) >= 11 is 1.41. The number of fused-ring (bicyclic) bond motifs is 1. The molecule has 2 aromatic heterocycles. The third-order valence-electron chi connectivity index (χ3n) is 4.34. The van der Waals surface area contributed by atoms with Crippen LogP contribution in [0.3, 0.4) is 0 Å². The number of carbonyl (C=O) groups excluding carboxylic acids is 1. The van der Waals surface area contributed by atoms with Crippen molar-refractivity contribution in [2.24, 2.45) is 0 Å². The molecule has 0 aliphatic rings. The molecule has 0 unspecified atom stereocenters. The van der Waals surface area contributed by atoms with E-state index in [0.29, 0.717) is 10.6 Å². The monoisotopic (exact) mass is 438 g/mol. The van der Waals surface area contributed by atoms with Gasteiger partial charge in [0.15, 0.2) is 18.2 Å². The highest BCUT2D eigenvalue weighted by molar-refractivity contribution is 7.19. The molecule has 0 saturated heterocycles. The molecule has 1 amide bonds. The number of hydrogen-bond acceptors (Lipinski definition) is 8. The van der Waals surface area contributed by atoms with Crippen LogP contribution in [0.25, 0.3) is 15.5 Å². The van der Waals surface area contributed by atoms with Crippen LogP contribution >= 0.6 is 11.3 Å². The van der Waals surface area contributed by atoms with Crippen molar-refractivity contribution >= 4 is 33.6 Å². The van der Waals surface area contributed by atoms with E-state index < -0.39 is 10.8 Å². The second-order valence-corrected chi connectivity index (χ2v) is 7.57. The summed E-state index contributed by atoms with van der Waals surface area (Å²) in [6.45, 7) is 1.71. The maximum absolute atomic E-state index is 12.3. The highest BCUT2D eigenvalue weighted by atomic mass is 32.1. The summed E-state index contributed by atoms with van der Waals surface area (Å²) in [4.78, 5) is 23.5. The summed E-state index contributed by atoms with van der Waals surface area (Å²) in [5, 5.41) is 27.4. The summed E-state index contributed by atoms with van der Waals surface area (Å²) in [6.07, 6.45) is 1.74. The lowest BCUT2D eigenvalue weighted by Gasteiger charge is -2.08. The van der Waals surface area contributed by atoms with Crippen LogP contribution in [-0.2, 0) is 11.2 Å². The van der Waals surface area contributed by atoms with E-state index in [0.717, 1.165) is 29.2 Å². The van der Waals surface area contributed by atoms with Crippen LogP contribution in [0.5, 0.6) is 5.75 Å². The lowest BCUT2D eigenvalue weighted by molar-refractivity contribution is -0.385. The largest absolute Gasteiger partial charge is 0.477 e. The fraction of sp³-hybridized carbons (Fsp3) is 0.200. The number of amides is 1. The second-order valence-electron chi connectivity index (χ2n) is 6.61. The van der Waals surface area contributed by atoms with Gasteiger partial charge in [-0.05, 0) is 24.6 Å². The topological polar surface area (TPSA) is 125 Å². The average Bonchev–Trinajstić information content (AvgIpc) is 3.35. The predicted molar refractivity (Wildman–Crippen MR) is 115 cm³/mol. The number of nitrogens with one attached hydrogen (secondary N) is 1. The molecule has 2 aromatic carbocycles. The van der Waals surface area contributed by atoms with Crippen LogP contribution < -0.4 is 10.1 Å². The smallest absolute Gasteiger partial charge is 0.310 e. The van der Waals surface area contributed by atoms with E-state index in [-0.39, 0.29) is 18.0 Å². The van der Waals surface area contributed by atoms with Crippen LogP contribution in [0.1, 0.15) is 19.2 Å². The summed E-state index contributed by atoms with van der Waals surface area (Å²) in [5.74, 6) is 0.425. The molecule has 4 rings (SSSR count). The maximum Gasteiger partial charge on any atom is 0.310 e. The highest BCUT2D eigenvalue weighted by Gasteiger charge is 2.16. The molecule has 0 saturated carbocycles. The van der Waals surface area contributed by atoms with E-state index in [1.165, 1.54) is 29.5 Å². The van der Waals surface area contributed by atoms with E-state index in [2.05, 4.69) is 27.5 Å². The first kappa shape index (κ1) is 20.4. The Morgan fingerprint density at radius 2 is 2.06 bits per heavy atom. The number of nitro groups is 1. The Labute approximate surface area is 180 Å². The van der Waals surface area contributed by atoms with Crippen molar-refractivity contribution in [3.63, 3.8) is 0 Å². The number of nitro benzene ring substituents is 1. The summed E-state index contributed by atoms with van der Waals surface area (Å²) < 4.78 is 7.08. The summed E-state index contributed by atoms with van der Waals surface area (Å²) in [6, 6.07) is 13.2. The molecule has 0 aliphatic carbocycles. The fourth-order valence-electron chi connectivity index (χ4n) is 2.95. The zero-order valence-corrected chi connectivity index (χ0v) is 17.3. The quantitative estimate of drug-likeness (QED) is 0.328. The fourth-order valence-corrected chi connectivity index (χ4v) is 3.81. The Balaban J connectivity index is 1.45. The first-order valence-electron chi connectivity index (χ1n) is 9.52. The van der Waals surface area contributed by atoms with Gasteiger partial charge in [0.05, 0.1) is 4.92 Å². The van der Waals surface area contributed by atoms with Crippen molar-refractivity contribution in [3.8, 4) is 16.3 Å². The molecule has 0 bridgehead atoms. The SMILES string of the molecule is CCCc1nnc2sc(-c3cccc(NC(=O)COc4ccccc4[N+](=O)[O-])c3)nn12. The Hall–Kier alpha value is -3.86. The summed E-state index contributed by atoms with van der Waals surface area (Å²) in [5.41, 5.74) is 1.20. The normalized spacial score (nSPS) is 10.9. The number of aromatic nitrogens is 4. The number of nitrogens with zero attached hydrogens (tertiary/aromatic N) is 5. The van der Waals surface area contributed by atoms with Gasteiger partial charge >= 0.3 is 5.69 Å². The minimum Gasteiger partial charge on any atom is -0.477 e. The molecule has 0 aliphatic heterocycles. The predicted octanol–water partition coefficient (Wildman–Crippen LogP) is 3.73. The van der Waals surface area contributed by atoms with E-state index in [4.69, 9.17) is 4.74 Å². The van der Waals surface area contributed by atoms with Gasteiger partial charge in [-0.2, -0.15) is 9.61 Å². The first-order valence-corrected chi connectivity index (χ1v) is 10.3. The standard InChI is InChI=1S/C20H18N6O4S/c1-2-6-17-22-23-20-25(17)24-19(31-20)13-7-5-8-14(11-13)21-18(27)12-30-16-10-4-3-9-15(16)26(28)29/h3-5,7-11H,2,6,12H2,1H3,(H,21,27). The van der Waals surface area contributed by atoms with Crippen LogP contribution in [-0.4, -0.2) is 37.2 Å². The van der Waals surface area contributed by atoms with Crippen molar-refractivity contribution in [2.45, 2.75) is 19.8 Å². The van der Waals surface area contributed by atoms with Gasteiger partial charge in [0.25, 0.3) is 5.91 Å². The van der Waals surface area contributed by atoms with Crippen molar-refractivity contribution in [2.75, 3.05) is 11.9 Å². The van der Waals surface area contributed by atoms with Gasteiger partial charge in [0.1, 0.15) is 5.01 Å². The highest BCUT2D eigenvalue weighted by Crippen LogP contribution is 2.28. The molecule has 0 atom stereocenters. The van der Waals surface area contributed by atoms with Crippen molar-refractivity contribution in [1.29, 1.82) is 0 Å². The van der Waals surface area contributed by atoms with E-state index >= 15 is 0 Å². The van der Waals surface area contributed by atoms with Crippen molar-refractivity contribution < 1.29 is 14.5 Å². The maximum atomic E-state index is 12.3. The second kappa shape index (κ2) is 8.88. The van der Waals surface area contributed by atoms with Crippen LogP contribution in [0.15, 0.2) is 48.5 Å². The molecule has 4 aromatic rings. The van der Waals surface area contributed by atoms with Crippen LogP contribution in [0.4, 0.5) is 11.4 Å². The van der Waals surface area contributed by atoms with Crippen LogP contribution in [0.2, 0.25) is 0 Å². The van der Waals surface area contributed by atoms with Crippen molar-refractivity contribution in [3.05, 3.63) is 64.5 Å². The average molecular weight is 438 g/mol. The third-order valence-corrected chi connectivity index (χ3v) is 5.29. The lowest BCUT2D eigenvalue weighted by Crippen LogP contribution is -2.20. The Morgan fingerprint density at radius 1 is 1.23 bits per heavy atom. The van der Waals surface area contributed by atoms with E-state index in [1.807, 2.05) is 12.1 Å². The number of carbonyl (C=O) groups is 1. The number of benzene rings is 2. The lowest BCUT2D eigenvalue weighted by atomic mass is 10.2. The van der Waals surface area contributed by atoms with Gasteiger partial charge in [-0.15, -0.1) is 10.2 Å². The first-order chi connectivity index (χ1) is 15.0. The van der Waals surface area contributed by atoms with Gasteiger partial charge in [0.2, 0.25) is 4.96 Å². The molecule has 1 N–H and O–H groups in total. The molecular formula is C20H18N6O4S. The summed E-state index contributed by atoms with van der Waals surface area (Å²) in [7, 11) is 0. The molecule has 158 valence electrons. The number of hydrogen-bond donors (Lipinski definition) is 1. The zero-order valence-electron chi connectivity index (χ0n) is 16.5. The Kier molecular flexibility index (Phi) is 5.85. The third kappa shape index (κ3) is 4.51. The van der Waals surface area contributed by atoms with Gasteiger partial charge < -0.3 is 10.1 Å². The van der Waals surface area contributed by atoms with Crippen LogP contribution in [0, 0.1) is 10.1 Å². The van der Waals surface area contributed by atoms with Gasteiger partial charge in [0, 0.05) is 23.7 Å². The number of anilines is 1.